The van der Waals surface area contributed by atoms with Crippen LogP contribution >= 0.6 is 0 Å². The van der Waals surface area contributed by atoms with Crippen LogP contribution < -0.4 is 5.32 Å². The van der Waals surface area contributed by atoms with E-state index in [0.717, 1.165) is 11.1 Å². The number of rotatable bonds is 2. The van der Waals surface area contributed by atoms with Gasteiger partial charge in [0.25, 0.3) is 0 Å². The predicted octanol–water partition coefficient (Wildman–Crippen LogP) is 3.68. The largest absolute Gasteiger partial charge is 0.386 e. The van der Waals surface area contributed by atoms with Crippen molar-refractivity contribution in [3.63, 3.8) is 0 Å². The Labute approximate surface area is 84.6 Å². The molecule has 0 amide bonds. The van der Waals surface area contributed by atoms with Crippen LogP contribution in [0.25, 0.3) is 5.57 Å². The summed E-state index contributed by atoms with van der Waals surface area (Å²) in [6.07, 6.45) is 0. The number of nitrogens with one attached hydrogen (secondary N) is 1. The Morgan fingerprint density at radius 2 is 1.86 bits per heavy atom. The molecule has 0 unspecified atom stereocenters. The summed E-state index contributed by atoms with van der Waals surface area (Å²) in [6.45, 7) is 6.06. The minimum absolute atomic E-state index is 0.203. The van der Waals surface area contributed by atoms with Crippen LogP contribution in [0, 0.1) is 5.82 Å². The summed E-state index contributed by atoms with van der Waals surface area (Å²) >= 11 is 0. The van der Waals surface area contributed by atoms with Gasteiger partial charge >= 0.3 is 0 Å². The Kier molecular flexibility index (Phi) is 3.28. The summed E-state index contributed by atoms with van der Waals surface area (Å²) < 4.78 is 13.4. The quantitative estimate of drug-likeness (QED) is 0.755. The van der Waals surface area contributed by atoms with E-state index in [9.17, 15) is 4.39 Å². The summed E-state index contributed by atoms with van der Waals surface area (Å²) in [5.74, 6) is -0.203. The van der Waals surface area contributed by atoms with Gasteiger partial charge in [0, 0.05) is 7.05 Å². The molecule has 0 aliphatic carbocycles. The molecule has 0 aliphatic heterocycles. The number of allylic oxidation sites excluding steroid dienone is 2. The first-order chi connectivity index (χ1) is 6.56. The lowest BCUT2D eigenvalue weighted by atomic mass is 10.0. The number of anilines is 1. The molecule has 1 aromatic rings. The molecule has 1 N–H and O–H groups in total. The molecule has 0 spiro atoms. The van der Waals surface area contributed by atoms with Crippen molar-refractivity contribution in [3.8, 4) is 0 Å². The number of halogens is 1. The first kappa shape index (κ1) is 10.8. The van der Waals surface area contributed by atoms with E-state index in [1.165, 1.54) is 5.57 Å². The van der Waals surface area contributed by atoms with Crippen LogP contribution in [0.1, 0.15) is 26.3 Å². The van der Waals surface area contributed by atoms with Gasteiger partial charge in [-0.3, -0.25) is 0 Å². The molecule has 0 saturated carbocycles. The molecule has 1 rings (SSSR count). The van der Waals surface area contributed by atoms with Gasteiger partial charge in [-0.05, 0) is 44.0 Å². The fraction of sp³-hybridized carbons (Fsp3) is 0.333. The van der Waals surface area contributed by atoms with E-state index in [1.54, 1.807) is 19.2 Å². The van der Waals surface area contributed by atoms with Crippen molar-refractivity contribution in [2.75, 3.05) is 12.4 Å². The lowest BCUT2D eigenvalue weighted by Crippen LogP contribution is -1.93. The summed E-state index contributed by atoms with van der Waals surface area (Å²) in [7, 11) is 1.71. The van der Waals surface area contributed by atoms with Crippen molar-refractivity contribution in [1.29, 1.82) is 0 Å². The highest BCUT2D eigenvalue weighted by Crippen LogP contribution is 2.22. The zero-order chi connectivity index (χ0) is 10.7. The fourth-order valence-corrected chi connectivity index (χ4v) is 1.24. The number of hydrogen-bond donors (Lipinski definition) is 1. The molecular formula is C12H16FN. The molecule has 0 aliphatic rings. The highest BCUT2D eigenvalue weighted by molar-refractivity contribution is 5.68. The van der Waals surface area contributed by atoms with Crippen LogP contribution in [0.4, 0.5) is 10.1 Å². The first-order valence-corrected chi connectivity index (χ1v) is 4.68. The molecule has 0 aromatic heterocycles. The summed E-state index contributed by atoms with van der Waals surface area (Å²) in [4.78, 5) is 0. The van der Waals surface area contributed by atoms with Gasteiger partial charge in [-0.1, -0.05) is 11.6 Å². The van der Waals surface area contributed by atoms with Gasteiger partial charge in [0.1, 0.15) is 5.82 Å². The molecule has 14 heavy (non-hydrogen) atoms. The number of benzene rings is 1. The van der Waals surface area contributed by atoms with E-state index in [4.69, 9.17) is 0 Å². The smallest absolute Gasteiger partial charge is 0.146 e. The second kappa shape index (κ2) is 4.27. The molecule has 2 heteroatoms. The predicted molar refractivity (Wildman–Crippen MR) is 59.9 cm³/mol. The maximum Gasteiger partial charge on any atom is 0.146 e. The van der Waals surface area contributed by atoms with Crippen LogP contribution in [0.3, 0.4) is 0 Å². The third-order valence-corrected chi connectivity index (χ3v) is 2.42. The summed E-state index contributed by atoms with van der Waals surface area (Å²) in [5.41, 5.74) is 3.82. The van der Waals surface area contributed by atoms with Crippen LogP contribution in [0.2, 0.25) is 0 Å². The molecule has 0 atom stereocenters. The minimum atomic E-state index is -0.203. The Balaban J connectivity index is 3.16. The molecule has 1 aromatic carbocycles. The van der Waals surface area contributed by atoms with Gasteiger partial charge in [0.15, 0.2) is 0 Å². The fourth-order valence-electron chi connectivity index (χ4n) is 1.24. The Morgan fingerprint density at radius 3 is 2.29 bits per heavy atom. The van der Waals surface area contributed by atoms with Gasteiger partial charge in [-0.2, -0.15) is 0 Å². The minimum Gasteiger partial charge on any atom is -0.386 e. The third-order valence-electron chi connectivity index (χ3n) is 2.42. The van der Waals surface area contributed by atoms with E-state index in [-0.39, 0.29) is 5.82 Å². The molecular weight excluding hydrogens is 177 g/mol. The van der Waals surface area contributed by atoms with Gasteiger partial charge in [0.05, 0.1) is 5.69 Å². The van der Waals surface area contributed by atoms with Crippen LogP contribution in [-0.2, 0) is 0 Å². The van der Waals surface area contributed by atoms with Crippen molar-refractivity contribution in [2.24, 2.45) is 0 Å². The zero-order valence-electron chi connectivity index (χ0n) is 9.11. The van der Waals surface area contributed by atoms with E-state index in [0.29, 0.717) is 5.69 Å². The second-order valence-electron chi connectivity index (χ2n) is 3.57. The maximum absolute atomic E-state index is 13.4. The average molecular weight is 193 g/mol. The molecule has 0 fully saturated rings. The lowest BCUT2D eigenvalue weighted by Gasteiger charge is -2.07. The molecule has 0 bridgehead atoms. The van der Waals surface area contributed by atoms with Crippen LogP contribution in [0.15, 0.2) is 23.8 Å². The van der Waals surface area contributed by atoms with E-state index >= 15 is 0 Å². The molecule has 1 nitrogen and oxygen atoms in total. The van der Waals surface area contributed by atoms with E-state index < -0.39 is 0 Å². The normalized spacial score (nSPS) is 9.79. The molecule has 0 saturated heterocycles. The Hall–Kier alpha value is -1.31. The van der Waals surface area contributed by atoms with E-state index in [2.05, 4.69) is 5.32 Å². The highest BCUT2D eigenvalue weighted by Gasteiger charge is 2.03. The average Bonchev–Trinajstić information content (AvgIpc) is 2.16. The Morgan fingerprint density at radius 1 is 1.21 bits per heavy atom. The highest BCUT2D eigenvalue weighted by atomic mass is 19.1. The first-order valence-electron chi connectivity index (χ1n) is 4.68. The van der Waals surface area contributed by atoms with Crippen molar-refractivity contribution >= 4 is 11.3 Å². The molecule has 0 radical (unpaired) electrons. The van der Waals surface area contributed by atoms with Gasteiger partial charge in [-0.15, -0.1) is 0 Å². The van der Waals surface area contributed by atoms with Gasteiger partial charge in [-0.25, -0.2) is 4.39 Å². The van der Waals surface area contributed by atoms with E-state index in [1.807, 2.05) is 26.8 Å². The second-order valence-corrected chi connectivity index (χ2v) is 3.57. The summed E-state index contributed by atoms with van der Waals surface area (Å²) in [5, 5.41) is 2.80. The van der Waals surface area contributed by atoms with Crippen molar-refractivity contribution in [2.45, 2.75) is 20.8 Å². The number of hydrogen-bond acceptors (Lipinski definition) is 1. The zero-order valence-corrected chi connectivity index (χ0v) is 9.11. The standard InChI is InChI=1S/C12H16FN/c1-8(2)9(3)10-5-6-12(14-4)11(13)7-10/h5-7,14H,1-4H3. The van der Waals surface area contributed by atoms with Gasteiger partial charge in [0.2, 0.25) is 0 Å². The van der Waals surface area contributed by atoms with Crippen LogP contribution in [0.5, 0.6) is 0 Å². The van der Waals surface area contributed by atoms with Crippen molar-refractivity contribution in [1.82, 2.24) is 0 Å². The maximum atomic E-state index is 13.4. The van der Waals surface area contributed by atoms with Crippen molar-refractivity contribution < 1.29 is 4.39 Å². The molecule has 76 valence electrons. The topological polar surface area (TPSA) is 12.0 Å². The monoisotopic (exact) mass is 193 g/mol. The lowest BCUT2D eigenvalue weighted by molar-refractivity contribution is 0.631. The third kappa shape index (κ3) is 2.13. The van der Waals surface area contributed by atoms with Gasteiger partial charge < -0.3 is 5.32 Å². The summed E-state index contributed by atoms with van der Waals surface area (Å²) in [6, 6.07) is 5.25. The molecule has 0 heterocycles. The Bertz CT molecular complexity index is 363. The SMILES string of the molecule is CNc1ccc(C(C)=C(C)C)cc1F. The van der Waals surface area contributed by atoms with Crippen LogP contribution in [-0.4, -0.2) is 7.05 Å². The van der Waals surface area contributed by atoms with Crippen molar-refractivity contribution in [3.05, 3.63) is 35.2 Å².